The van der Waals surface area contributed by atoms with E-state index in [4.69, 9.17) is 5.73 Å². The maximum atomic E-state index is 7.61. The van der Waals surface area contributed by atoms with Gasteiger partial charge in [0.15, 0.2) is 0 Å². The molecule has 2 aromatic rings. The van der Waals surface area contributed by atoms with Crippen molar-refractivity contribution >= 4 is 16.3 Å². The van der Waals surface area contributed by atoms with Gasteiger partial charge in [-0.05, 0) is 17.0 Å². The molecule has 1 aromatic carbocycles. The first-order valence-corrected chi connectivity index (χ1v) is 4.60. The maximum Gasteiger partial charge on any atom is 0.115 e. The van der Waals surface area contributed by atoms with Crippen molar-refractivity contribution < 1.29 is 0 Å². The average molecular weight is 174 g/mol. The van der Waals surface area contributed by atoms with Crippen molar-refractivity contribution in [2.24, 2.45) is 0 Å². The minimum atomic E-state index is 0.640. The summed E-state index contributed by atoms with van der Waals surface area (Å²) in [6.45, 7) is 0. The molecule has 0 bridgehead atoms. The lowest BCUT2D eigenvalue weighted by molar-refractivity contribution is 1.57. The Morgan fingerprint density at radius 2 is 1.75 bits per heavy atom. The van der Waals surface area contributed by atoms with Crippen molar-refractivity contribution in [3.05, 3.63) is 41.8 Å². The summed E-state index contributed by atoms with van der Waals surface area (Å²) in [4.78, 5) is 0. The maximum absolute atomic E-state index is 7.61. The van der Waals surface area contributed by atoms with E-state index in [0.717, 1.165) is 11.1 Å². The van der Waals surface area contributed by atoms with E-state index in [1.54, 1.807) is 0 Å². The lowest BCUT2D eigenvalue weighted by atomic mass is 10.1. The first kappa shape index (κ1) is 7.37. The van der Waals surface area contributed by atoms with Crippen LogP contribution in [0.5, 0.6) is 0 Å². The van der Waals surface area contributed by atoms with Gasteiger partial charge in [-0.2, -0.15) is 0 Å². The van der Waals surface area contributed by atoms with Gasteiger partial charge in [-0.15, -0.1) is 11.3 Å². The van der Waals surface area contributed by atoms with Crippen molar-refractivity contribution in [3.8, 4) is 11.1 Å². The van der Waals surface area contributed by atoms with Crippen LogP contribution in [0.15, 0.2) is 41.8 Å². The van der Waals surface area contributed by atoms with Crippen molar-refractivity contribution in [3.63, 3.8) is 0 Å². The van der Waals surface area contributed by atoms with Crippen molar-refractivity contribution in [1.82, 2.24) is 5.73 Å². The van der Waals surface area contributed by atoms with Crippen molar-refractivity contribution in [1.29, 1.82) is 0 Å². The highest BCUT2D eigenvalue weighted by Crippen LogP contribution is 2.30. The Balaban J connectivity index is 2.51. The van der Waals surface area contributed by atoms with Crippen LogP contribution in [0.1, 0.15) is 0 Å². The van der Waals surface area contributed by atoms with E-state index in [9.17, 15) is 0 Å². The number of rotatable bonds is 1. The van der Waals surface area contributed by atoms with Crippen LogP contribution in [0.4, 0.5) is 5.00 Å². The summed E-state index contributed by atoms with van der Waals surface area (Å²) in [5.41, 5.74) is 9.76. The minimum Gasteiger partial charge on any atom is -0.290 e. The fraction of sp³-hybridized carbons (Fsp3) is 0. The van der Waals surface area contributed by atoms with Crippen LogP contribution in [0.3, 0.4) is 0 Å². The van der Waals surface area contributed by atoms with E-state index in [-0.39, 0.29) is 0 Å². The Hall–Kier alpha value is -1.28. The first-order chi connectivity index (χ1) is 5.88. The monoisotopic (exact) mass is 174 g/mol. The minimum absolute atomic E-state index is 0.640. The molecule has 12 heavy (non-hydrogen) atoms. The van der Waals surface area contributed by atoms with Gasteiger partial charge in [0.1, 0.15) is 5.00 Å². The van der Waals surface area contributed by atoms with E-state index in [1.807, 2.05) is 41.8 Å². The van der Waals surface area contributed by atoms with Crippen LogP contribution in [-0.4, -0.2) is 0 Å². The quantitative estimate of drug-likeness (QED) is 0.633. The molecule has 59 valence electrons. The molecular formula is C10H8NS. The third-order valence-corrected chi connectivity index (χ3v) is 2.48. The molecule has 0 aliphatic carbocycles. The molecule has 1 radical (unpaired) electrons. The van der Waals surface area contributed by atoms with Crippen LogP contribution in [0.2, 0.25) is 0 Å². The molecule has 1 aromatic heterocycles. The van der Waals surface area contributed by atoms with Gasteiger partial charge in [0.05, 0.1) is 0 Å². The highest BCUT2D eigenvalue weighted by atomic mass is 32.1. The van der Waals surface area contributed by atoms with Crippen LogP contribution < -0.4 is 5.73 Å². The fourth-order valence-electron chi connectivity index (χ4n) is 1.15. The SMILES string of the molecule is [NH]c1sccc1-c1ccccc1. The van der Waals surface area contributed by atoms with E-state index >= 15 is 0 Å². The molecular weight excluding hydrogens is 166 g/mol. The van der Waals surface area contributed by atoms with Gasteiger partial charge in [-0.1, -0.05) is 30.3 Å². The van der Waals surface area contributed by atoms with Crippen molar-refractivity contribution in [2.75, 3.05) is 0 Å². The lowest BCUT2D eigenvalue weighted by Gasteiger charge is -1.96. The summed E-state index contributed by atoms with van der Waals surface area (Å²) in [7, 11) is 0. The Morgan fingerprint density at radius 1 is 1.00 bits per heavy atom. The van der Waals surface area contributed by atoms with E-state index in [0.29, 0.717) is 5.00 Å². The molecule has 2 rings (SSSR count). The molecule has 0 saturated heterocycles. The van der Waals surface area contributed by atoms with Gasteiger partial charge in [0.2, 0.25) is 0 Å². The zero-order valence-electron chi connectivity index (χ0n) is 6.45. The normalized spacial score (nSPS) is 10.0. The first-order valence-electron chi connectivity index (χ1n) is 3.72. The van der Waals surface area contributed by atoms with E-state index in [2.05, 4.69) is 0 Å². The molecule has 0 unspecified atom stereocenters. The topological polar surface area (TPSA) is 23.8 Å². The molecule has 0 aliphatic heterocycles. The summed E-state index contributed by atoms with van der Waals surface area (Å²) in [5, 5.41) is 2.59. The van der Waals surface area contributed by atoms with Crippen LogP contribution in [0, 0.1) is 0 Å². The lowest BCUT2D eigenvalue weighted by Crippen LogP contribution is -1.72. The number of hydrogen-bond acceptors (Lipinski definition) is 1. The Kier molecular flexibility index (Phi) is 1.84. The summed E-state index contributed by atoms with van der Waals surface area (Å²) in [6, 6.07) is 12.0. The third kappa shape index (κ3) is 1.21. The Labute approximate surface area is 75.5 Å². The summed E-state index contributed by atoms with van der Waals surface area (Å²) in [5.74, 6) is 0. The molecule has 0 fully saturated rings. The second-order valence-corrected chi connectivity index (χ2v) is 3.45. The predicted octanol–water partition coefficient (Wildman–Crippen LogP) is 3.33. The van der Waals surface area contributed by atoms with Crippen LogP contribution in [-0.2, 0) is 0 Å². The molecule has 0 aliphatic rings. The Morgan fingerprint density at radius 3 is 2.33 bits per heavy atom. The van der Waals surface area contributed by atoms with Crippen LogP contribution >= 0.6 is 11.3 Å². The molecule has 1 nitrogen and oxygen atoms in total. The molecule has 0 saturated carbocycles. The molecule has 2 heteroatoms. The van der Waals surface area contributed by atoms with E-state index < -0.39 is 0 Å². The number of hydrogen-bond donors (Lipinski definition) is 0. The highest BCUT2D eigenvalue weighted by Gasteiger charge is 2.01. The second-order valence-electron chi connectivity index (χ2n) is 2.53. The summed E-state index contributed by atoms with van der Waals surface area (Å²) < 4.78 is 0. The standard InChI is InChI=1S/C10H8NS/c11-10-9(6-7-12-10)8-4-2-1-3-5-8/h1-7,11H. The van der Waals surface area contributed by atoms with Crippen LogP contribution in [0.25, 0.3) is 11.1 Å². The fourth-order valence-corrected chi connectivity index (χ4v) is 1.81. The molecule has 0 atom stereocenters. The average Bonchev–Trinajstić information content (AvgIpc) is 2.53. The molecule has 0 spiro atoms. The predicted molar refractivity (Wildman–Crippen MR) is 52.5 cm³/mol. The zero-order valence-corrected chi connectivity index (χ0v) is 7.27. The third-order valence-electron chi connectivity index (χ3n) is 1.75. The number of nitrogens with one attached hydrogen (secondary N) is 1. The molecule has 1 N–H and O–H groups in total. The van der Waals surface area contributed by atoms with Gasteiger partial charge in [-0.3, -0.25) is 5.73 Å². The van der Waals surface area contributed by atoms with Gasteiger partial charge < -0.3 is 0 Å². The van der Waals surface area contributed by atoms with Gasteiger partial charge >= 0.3 is 0 Å². The smallest absolute Gasteiger partial charge is 0.115 e. The zero-order chi connectivity index (χ0) is 8.39. The number of thiophene rings is 1. The highest BCUT2D eigenvalue weighted by molar-refractivity contribution is 7.14. The summed E-state index contributed by atoms with van der Waals surface area (Å²) >= 11 is 1.47. The van der Waals surface area contributed by atoms with E-state index in [1.165, 1.54) is 11.3 Å². The second kappa shape index (κ2) is 2.99. The summed E-state index contributed by atoms with van der Waals surface area (Å²) in [6.07, 6.45) is 0. The van der Waals surface area contributed by atoms with Gasteiger partial charge in [0.25, 0.3) is 0 Å². The molecule has 1 heterocycles. The molecule has 0 amide bonds. The Bertz CT molecular complexity index is 364. The largest absolute Gasteiger partial charge is 0.290 e. The van der Waals surface area contributed by atoms with Gasteiger partial charge in [-0.25, -0.2) is 0 Å². The van der Waals surface area contributed by atoms with Gasteiger partial charge in [0, 0.05) is 5.56 Å². The van der Waals surface area contributed by atoms with Crippen molar-refractivity contribution in [2.45, 2.75) is 0 Å². The number of benzene rings is 1.